The highest BCUT2D eigenvalue weighted by atomic mass is 16.5. The Labute approximate surface area is 345 Å². The summed E-state index contributed by atoms with van der Waals surface area (Å²) in [7, 11) is 0. The van der Waals surface area contributed by atoms with Gasteiger partial charge in [-0.3, -0.25) is 44.1 Å². The third kappa shape index (κ3) is 8.95. The Morgan fingerprint density at radius 2 is 1.39 bits per heavy atom. The van der Waals surface area contributed by atoms with Crippen molar-refractivity contribution in [2.24, 2.45) is 0 Å². The Morgan fingerprint density at radius 1 is 0.729 bits per heavy atom. The largest absolute Gasteiger partial charge is 0.508 e. The maximum Gasteiger partial charge on any atom is 0.264 e. The number of rotatable bonds is 13. The lowest BCUT2D eigenvalue weighted by atomic mass is 9.88. The molecular weight excluding hydrogens is 745 g/mol. The molecule has 4 aromatic carbocycles. The predicted molar refractivity (Wildman–Crippen MR) is 227 cm³/mol. The van der Waals surface area contributed by atoms with Crippen LogP contribution in [0.3, 0.4) is 0 Å². The van der Waals surface area contributed by atoms with E-state index in [0.29, 0.717) is 23.4 Å². The van der Waals surface area contributed by atoms with Gasteiger partial charge in [0.1, 0.15) is 24.1 Å². The van der Waals surface area contributed by atoms with Crippen LogP contribution in [0.25, 0.3) is 11.1 Å². The van der Waals surface area contributed by atoms with Gasteiger partial charge >= 0.3 is 0 Å². The van der Waals surface area contributed by atoms with E-state index in [1.807, 2.05) is 24.3 Å². The van der Waals surface area contributed by atoms with Crippen LogP contribution >= 0.6 is 0 Å². The number of amides is 4. The van der Waals surface area contributed by atoms with E-state index in [1.165, 1.54) is 11.1 Å². The average Bonchev–Trinajstić information content (AvgIpc) is 3.51. The van der Waals surface area contributed by atoms with Gasteiger partial charge in [0.15, 0.2) is 0 Å². The molecule has 3 N–H and O–H groups in total. The Hall–Kier alpha value is -5.82. The summed E-state index contributed by atoms with van der Waals surface area (Å²) in [6.07, 6.45) is 2.90. The lowest BCUT2D eigenvalue weighted by Crippen LogP contribution is -2.54. The van der Waals surface area contributed by atoms with Crippen LogP contribution in [0.1, 0.15) is 76.4 Å². The van der Waals surface area contributed by atoms with Crippen LogP contribution in [0.4, 0.5) is 5.69 Å². The molecule has 4 heterocycles. The van der Waals surface area contributed by atoms with Crippen molar-refractivity contribution in [1.29, 1.82) is 0 Å². The van der Waals surface area contributed by atoms with Crippen molar-refractivity contribution >= 4 is 40.5 Å². The number of imide groups is 2. The third-order valence-corrected chi connectivity index (χ3v) is 12.0. The summed E-state index contributed by atoms with van der Waals surface area (Å²) in [4.78, 5) is 59.5. The number of aromatic hydroxyl groups is 1. The minimum absolute atomic E-state index is 0.0921. The van der Waals surface area contributed by atoms with E-state index in [2.05, 4.69) is 80.8 Å². The van der Waals surface area contributed by atoms with Crippen molar-refractivity contribution in [2.45, 2.75) is 51.1 Å². The first kappa shape index (κ1) is 40.0. The summed E-state index contributed by atoms with van der Waals surface area (Å²) in [6, 6.07) is 30.6. The quantitative estimate of drug-likeness (QED) is 0.114. The fourth-order valence-corrected chi connectivity index (χ4v) is 8.83. The van der Waals surface area contributed by atoms with Gasteiger partial charge in [0.2, 0.25) is 11.8 Å². The highest BCUT2D eigenvalue weighted by molar-refractivity contribution is 6.25. The molecule has 0 spiro atoms. The van der Waals surface area contributed by atoms with Gasteiger partial charge in [-0.25, -0.2) is 0 Å². The van der Waals surface area contributed by atoms with E-state index in [4.69, 9.17) is 4.74 Å². The number of benzene rings is 4. The zero-order valence-corrected chi connectivity index (χ0v) is 33.6. The molecule has 0 aromatic heterocycles. The van der Waals surface area contributed by atoms with Crippen LogP contribution in [0.2, 0.25) is 0 Å². The van der Waals surface area contributed by atoms with Gasteiger partial charge < -0.3 is 15.2 Å². The second kappa shape index (κ2) is 18.0. The Balaban J connectivity index is 0.782. The maximum atomic E-state index is 13.5. The lowest BCUT2D eigenvalue weighted by Gasteiger charge is -2.40. The number of piperidine rings is 2. The van der Waals surface area contributed by atoms with Crippen LogP contribution in [-0.2, 0) is 9.59 Å². The van der Waals surface area contributed by atoms with E-state index in [-0.39, 0.29) is 30.5 Å². The first-order valence-corrected chi connectivity index (χ1v) is 20.8. The van der Waals surface area contributed by atoms with Crippen molar-refractivity contribution in [2.75, 3.05) is 64.4 Å². The zero-order valence-electron chi connectivity index (χ0n) is 33.6. The minimum Gasteiger partial charge on any atom is -0.508 e. The molecule has 0 bridgehead atoms. The zero-order chi connectivity index (χ0) is 40.9. The predicted octanol–water partition coefficient (Wildman–Crippen LogP) is 5.69. The molecule has 306 valence electrons. The van der Waals surface area contributed by atoms with E-state index in [0.717, 1.165) is 99.1 Å². The normalized spacial score (nSPS) is 20.0. The number of hydrogen-bond donors (Lipinski definition) is 3. The van der Waals surface area contributed by atoms with Gasteiger partial charge in [-0.1, -0.05) is 67.6 Å². The van der Waals surface area contributed by atoms with Crippen LogP contribution < -0.4 is 15.4 Å². The first-order chi connectivity index (χ1) is 28.7. The van der Waals surface area contributed by atoms with Gasteiger partial charge in [-0.2, -0.15) is 0 Å². The number of fused-ring (bicyclic) bond motifs is 1. The number of ether oxygens (including phenoxy) is 1. The number of phenolic OH excluding ortho intramolecular Hbond substituents is 1. The summed E-state index contributed by atoms with van der Waals surface area (Å²) < 4.78 is 6.23. The van der Waals surface area contributed by atoms with Gasteiger partial charge in [0.05, 0.1) is 17.8 Å². The summed E-state index contributed by atoms with van der Waals surface area (Å²) >= 11 is 0. The SMILES string of the molecule is CCC(=C(c1ccc(O)cc1)c1ccc(OCCN2CCN(CN3CCC(Nc4cccc5c4C(=O)N(C4CCC(=O)NC4=O)C5=O)CC3)CC2)cc1)c1ccccc1. The van der Waals surface area contributed by atoms with Gasteiger partial charge in [0, 0.05) is 64.0 Å². The number of nitrogens with zero attached hydrogens (tertiary/aromatic N) is 4. The molecule has 4 amide bonds. The van der Waals surface area contributed by atoms with Crippen molar-refractivity contribution in [1.82, 2.24) is 24.9 Å². The molecule has 0 radical (unpaired) electrons. The van der Waals surface area contributed by atoms with Gasteiger partial charge in [0.25, 0.3) is 11.8 Å². The van der Waals surface area contributed by atoms with Gasteiger partial charge in [-0.05, 0) is 89.9 Å². The Bertz CT molecular complexity index is 2190. The highest BCUT2D eigenvalue weighted by Gasteiger charge is 2.45. The van der Waals surface area contributed by atoms with Crippen LogP contribution in [0, 0.1) is 0 Å². The van der Waals surface area contributed by atoms with Crippen molar-refractivity contribution < 1.29 is 29.0 Å². The number of hydrogen-bond acceptors (Lipinski definition) is 10. The maximum absolute atomic E-state index is 13.5. The van der Waals surface area contributed by atoms with Crippen molar-refractivity contribution in [3.63, 3.8) is 0 Å². The van der Waals surface area contributed by atoms with Crippen LogP contribution in [0.15, 0.2) is 97.1 Å². The monoisotopic (exact) mass is 796 g/mol. The number of anilines is 1. The number of nitrogens with one attached hydrogen (secondary N) is 2. The van der Waals surface area contributed by atoms with Crippen molar-refractivity contribution in [3.8, 4) is 11.5 Å². The standard InChI is InChI=1S/C47H52N6O6/c1-2-38(32-7-4-3-5-8-32)43(33-11-15-36(54)16-12-33)34-13-17-37(18-14-34)59-30-29-50-25-27-52(28-26-50)31-51-23-21-35(22-24-51)48-40-10-6-9-39-44(40)47(58)53(46(39)57)41-19-20-42(55)49-45(41)56/h3-18,35,41,48,54H,2,19-31H2,1H3,(H,49,55,56). The van der Waals surface area contributed by atoms with E-state index in [9.17, 15) is 24.3 Å². The molecular formula is C47H52N6O6. The third-order valence-electron chi connectivity index (χ3n) is 12.0. The molecule has 0 aliphatic carbocycles. The summed E-state index contributed by atoms with van der Waals surface area (Å²) in [5, 5.41) is 15.8. The minimum atomic E-state index is -0.980. The Kier molecular flexibility index (Phi) is 12.2. The molecule has 59 heavy (non-hydrogen) atoms. The number of likely N-dealkylation sites (tertiary alicyclic amines) is 1. The molecule has 1 atom stereocenters. The smallest absolute Gasteiger partial charge is 0.264 e. The highest BCUT2D eigenvalue weighted by Crippen LogP contribution is 2.36. The average molecular weight is 797 g/mol. The van der Waals surface area contributed by atoms with Crippen LogP contribution in [0.5, 0.6) is 11.5 Å². The molecule has 3 fully saturated rings. The molecule has 0 saturated carbocycles. The molecule has 1 unspecified atom stereocenters. The summed E-state index contributed by atoms with van der Waals surface area (Å²) in [5.41, 5.74) is 6.97. The molecule has 3 saturated heterocycles. The van der Waals surface area contributed by atoms with Gasteiger partial charge in [-0.15, -0.1) is 0 Å². The summed E-state index contributed by atoms with van der Waals surface area (Å²) in [5.74, 6) is -0.875. The number of carbonyl (C=O) groups is 4. The molecule has 12 nitrogen and oxygen atoms in total. The second-order valence-corrected chi connectivity index (χ2v) is 15.8. The fourth-order valence-electron chi connectivity index (χ4n) is 8.83. The number of allylic oxidation sites excluding steroid dienone is 1. The molecule has 4 aromatic rings. The number of carbonyl (C=O) groups excluding carboxylic acids is 4. The molecule has 4 aliphatic rings. The first-order valence-electron chi connectivity index (χ1n) is 20.8. The number of phenols is 1. The Morgan fingerprint density at radius 3 is 2.07 bits per heavy atom. The van der Waals surface area contributed by atoms with Crippen molar-refractivity contribution in [3.05, 3.63) is 125 Å². The van der Waals surface area contributed by atoms with E-state index >= 15 is 0 Å². The van der Waals surface area contributed by atoms with Crippen LogP contribution in [-0.4, -0.2) is 120 Å². The summed E-state index contributed by atoms with van der Waals surface area (Å²) in [6.45, 7) is 10.4. The number of piperazine rings is 1. The molecule has 4 aliphatic heterocycles. The van der Waals surface area contributed by atoms with E-state index in [1.54, 1.807) is 24.3 Å². The lowest BCUT2D eigenvalue weighted by molar-refractivity contribution is -0.136. The second-order valence-electron chi connectivity index (χ2n) is 15.8. The topological polar surface area (TPSA) is 135 Å². The molecule has 8 rings (SSSR count). The van der Waals surface area contributed by atoms with E-state index < -0.39 is 23.8 Å². The molecule has 12 heteroatoms. The fraction of sp³-hybridized carbons (Fsp3) is 0.362.